The van der Waals surface area contributed by atoms with E-state index in [9.17, 15) is 9.59 Å². The zero-order valence-corrected chi connectivity index (χ0v) is 16.1. The Balaban J connectivity index is 1.36. The number of para-hydroxylation sites is 1. The molecular weight excluding hydrogens is 356 g/mol. The van der Waals surface area contributed by atoms with Gasteiger partial charge in [-0.3, -0.25) is 9.48 Å². The molecule has 28 heavy (non-hydrogen) atoms. The Bertz CT molecular complexity index is 1020. The number of carbonyl (C=O) groups excluding carboxylic acids is 2. The maximum Gasteiger partial charge on any atom is 0.319 e. The molecule has 3 amide bonds. The van der Waals surface area contributed by atoms with E-state index in [4.69, 9.17) is 0 Å². The molecule has 0 unspecified atom stereocenters. The van der Waals surface area contributed by atoms with Crippen molar-refractivity contribution in [1.29, 1.82) is 0 Å². The Morgan fingerprint density at radius 3 is 2.89 bits per heavy atom. The van der Waals surface area contributed by atoms with Crippen molar-refractivity contribution in [3.63, 3.8) is 0 Å². The third kappa shape index (κ3) is 3.58. The smallest absolute Gasteiger partial charge is 0.319 e. The van der Waals surface area contributed by atoms with Crippen LogP contribution in [-0.4, -0.2) is 57.1 Å². The number of hydrogen-bond acceptors (Lipinski definition) is 3. The largest absolute Gasteiger partial charge is 0.361 e. The first kappa shape index (κ1) is 18.1. The molecule has 146 valence electrons. The second-order valence-electron chi connectivity index (χ2n) is 7.26. The van der Waals surface area contributed by atoms with E-state index in [1.807, 2.05) is 41.2 Å². The molecule has 1 aliphatic heterocycles. The van der Waals surface area contributed by atoms with Gasteiger partial charge < -0.3 is 20.1 Å². The van der Waals surface area contributed by atoms with E-state index >= 15 is 0 Å². The van der Waals surface area contributed by atoms with Crippen molar-refractivity contribution in [3.05, 3.63) is 53.5 Å². The maximum atomic E-state index is 12.4. The summed E-state index contributed by atoms with van der Waals surface area (Å²) in [7, 11) is 3.51. The topological polar surface area (TPSA) is 86.3 Å². The highest BCUT2D eigenvalue weighted by molar-refractivity contribution is 5.88. The van der Waals surface area contributed by atoms with E-state index in [0.717, 1.165) is 27.9 Å². The van der Waals surface area contributed by atoms with Crippen LogP contribution in [0.15, 0.2) is 36.5 Å². The molecule has 0 radical (unpaired) electrons. The molecule has 8 nitrogen and oxygen atoms in total. The Hall–Kier alpha value is -3.29. The molecule has 0 fully saturated rings. The summed E-state index contributed by atoms with van der Waals surface area (Å²) in [6.07, 6.45) is 2.21. The lowest BCUT2D eigenvalue weighted by Crippen LogP contribution is -2.43. The van der Waals surface area contributed by atoms with Crippen LogP contribution in [0.1, 0.15) is 17.0 Å². The molecule has 0 spiro atoms. The lowest BCUT2D eigenvalue weighted by Gasteiger charge is -2.29. The molecule has 0 aliphatic carbocycles. The van der Waals surface area contributed by atoms with Crippen molar-refractivity contribution in [2.24, 2.45) is 0 Å². The van der Waals surface area contributed by atoms with E-state index in [-0.39, 0.29) is 11.9 Å². The number of H-pyrrole nitrogens is 1. The summed E-state index contributed by atoms with van der Waals surface area (Å²) < 4.78 is 1.92. The van der Waals surface area contributed by atoms with Crippen molar-refractivity contribution in [1.82, 2.24) is 29.9 Å². The molecule has 3 heterocycles. The highest BCUT2D eigenvalue weighted by atomic mass is 16.2. The van der Waals surface area contributed by atoms with Crippen LogP contribution in [0.2, 0.25) is 0 Å². The number of hydrogen-bond donors (Lipinski definition) is 2. The van der Waals surface area contributed by atoms with Crippen LogP contribution < -0.4 is 5.32 Å². The van der Waals surface area contributed by atoms with Gasteiger partial charge in [-0.2, -0.15) is 5.10 Å². The molecular formula is C20H24N6O2. The van der Waals surface area contributed by atoms with Crippen LogP contribution in [0.3, 0.4) is 0 Å². The lowest BCUT2D eigenvalue weighted by molar-refractivity contribution is -0.120. The first-order valence-corrected chi connectivity index (χ1v) is 9.35. The number of benzene rings is 1. The minimum Gasteiger partial charge on any atom is -0.361 e. The van der Waals surface area contributed by atoms with Gasteiger partial charge >= 0.3 is 6.03 Å². The molecule has 2 aromatic heterocycles. The quantitative estimate of drug-likeness (QED) is 0.723. The second-order valence-corrected chi connectivity index (χ2v) is 7.26. The summed E-state index contributed by atoms with van der Waals surface area (Å²) in [4.78, 5) is 31.1. The molecule has 8 heteroatoms. The maximum absolute atomic E-state index is 12.4. The number of rotatable bonds is 4. The Morgan fingerprint density at radius 2 is 2.07 bits per heavy atom. The molecule has 1 aliphatic rings. The van der Waals surface area contributed by atoms with Crippen molar-refractivity contribution in [2.45, 2.75) is 26.1 Å². The van der Waals surface area contributed by atoms with Crippen molar-refractivity contribution >= 4 is 22.8 Å². The molecule has 0 saturated carbocycles. The fraction of sp³-hybridized carbons (Fsp3) is 0.350. The summed E-state index contributed by atoms with van der Waals surface area (Å²) in [5.41, 5.74) is 3.81. The average Bonchev–Trinajstić information content (AvgIpc) is 3.29. The third-order valence-electron chi connectivity index (χ3n) is 4.99. The van der Waals surface area contributed by atoms with E-state index in [2.05, 4.69) is 15.4 Å². The molecule has 4 rings (SSSR count). The van der Waals surface area contributed by atoms with E-state index in [0.29, 0.717) is 32.6 Å². The molecule has 3 aromatic rings. The summed E-state index contributed by atoms with van der Waals surface area (Å²) in [6, 6.07) is 9.91. The van der Waals surface area contributed by atoms with E-state index in [1.54, 1.807) is 23.9 Å². The molecule has 2 N–H and O–H groups in total. The zero-order chi connectivity index (χ0) is 19.7. The number of nitrogens with zero attached hydrogens (tertiary/aromatic N) is 4. The van der Waals surface area contributed by atoms with Crippen molar-refractivity contribution < 1.29 is 9.59 Å². The van der Waals surface area contributed by atoms with Gasteiger partial charge in [0.15, 0.2) is 0 Å². The van der Waals surface area contributed by atoms with Crippen molar-refractivity contribution in [2.75, 3.05) is 20.6 Å². The standard InChI is InChI=1S/C20H24N6O2/c1-24(2)20(28)25-7-8-26-16(13-25)10-15(23-26)12-22-19(27)9-14-11-21-18-6-4-3-5-17(14)18/h3-6,10-11,21H,7-9,12-13H2,1-2H3,(H,22,27). The first-order chi connectivity index (χ1) is 13.5. The SMILES string of the molecule is CN(C)C(=O)N1CCn2nc(CNC(=O)Cc3c[nH]c4ccccc34)cc2C1. The fourth-order valence-electron chi connectivity index (χ4n) is 3.56. The third-order valence-corrected chi connectivity index (χ3v) is 4.99. The minimum absolute atomic E-state index is 0.000955. The lowest BCUT2D eigenvalue weighted by atomic mass is 10.1. The Morgan fingerprint density at radius 1 is 1.25 bits per heavy atom. The van der Waals surface area contributed by atoms with Crippen LogP contribution in [0, 0.1) is 0 Å². The van der Waals surface area contributed by atoms with Crippen LogP contribution in [0.25, 0.3) is 10.9 Å². The predicted octanol–water partition coefficient (Wildman–Crippen LogP) is 1.72. The van der Waals surface area contributed by atoms with Gasteiger partial charge in [0.25, 0.3) is 0 Å². The monoisotopic (exact) mass is 380 g/mol. The summed E-state index contributed by atoms with van der Waals surface area (Å²) in [6.45, 7) is 2.21. The van der Waals surface area contributed by atoms with Gasteiger partial charge in [-0.15, -0.1) is 0 Å². The second kappa shape index (κ2) is 7.38. The number of aromatic amines is 1. The Labute approximate surface area is 163 Å². The number of amides is 3. The number of aromatic nitrogens is 3. The Kier molecular flexibility index (Phi) is 4.77. The van der Waals surface area contributed by atoms with Crippen molar-refractivity contribution in [3.8, 4) is 0 Å². The van der Waals surface area contributed by atoms with Gasteiger partial charge in [-0.1, -0.05) is 18.2 Å². The van der Waals surface area contributed by atoms with Gasteiger partial charge in [0.1, 0.15) is 0 Å². The van der Waals surface area contributed by atoms with Gasteiger partial charge in [-0.25, -0.2) is 4.79 Å². The van der Waals surface area contributed by atoms with E-state index in [1.165, 1.54) is 0 Å². The van der Waals surface area contributed by atoms with Crippen LogP contribution >= 0.6 is 0 Å². The number of carbonyl (C=O) groups is 2. The molecule has 0 atom stereocenters. The minimum atomic E-state index is -0.0415. The zero-order valence-electron chi connectivity index (χ0n) is 16.1. The van der Waals surface area contributed by atoms with Crippen LogP contribution in [0.4, 0.5) is 4.79 Å². The van der Waals surface area contributed by atoms with Crippen LogP contribution in [-0.2, 0) is 30.8 Å². The number of urea groups is 1. The first-order valence-electron chi connectivity index (χ1n) is 9.35. The molecule has 1 aromatic carbocycles. The fourth-order valence-corrected chi connectivity index (χ4v) is 3.56. The normalized spacial score (nSPS) is 13.4. The van der Waals surface area contributed by atoms with E-state index < -0.39 is 0 Å². The molecule has 0 saturated heterocycles. The van der Waals surface area contributed by atoms with Crippen LogP contribution in [0.5, 0.6) is 0 Å². The van der Waals surface area contributed by atoms with Gasteiger partial charge in [0.05, 0.1) is 37.4 Å². The van der Waals surface area contributed by atoms with Gasteiger partial charge in [0.2, 0.25) is 5.91 Å². The van der Waals surface area contributed by atoms with Gasteiger partial charge in [0, 0.05) is 37.7 Å². The summed E-state index contributed by atoms with van der Waals surface area (Å²) >= 11 is 0. The van der Waals surface area contributed by atoms with Gasteiger partial charge in [-0.05, 0) is 17.7 Å². The highest BCUT2D eigenvalue weighted by Crippen LogP contribution is 2.18. The molecule has 0 bridgehead atoms. The summed E-state index contributed by atoms with van der Waals surface area (Å²) in [5, 5.41) is 8.57. The summed E-state index contributed by atoms with van der Waals surface area (Å²) in [5.74, 6) is -0.0415. The number of fused-ring (bicyclic) bond motifs is 2. The highest BCUT2D eigenvalue weighted by Gasteiger charge is 2.23. The average molecular weight is 380 g/mol. The predicted molar refractivity (Wildman–Crippen MR) is 106 cm³/mol. The number of nitrogens with one attached hydrogen (secondary N) is 2.